The molecule has 0 bridgehead atoms. The average molecular weight is 496 g/mol. The first-order valence-corrected chi connectivity index (χ1v) is 13.2. The van der Waals surface area contributed by atoms with Crippen LogP contribution in [0.15, 0.2) is 60.7 Å². The predicted octanol–water partition coefficient (Wildman–Crippen LogP) is 4.82. The lowest BCUT2D eigenvalue weighted by molar-refractivity contribution is -0.137. The number of ether oxygens (including phenoxy) is 2. The maximum absolute atomic E-state index is 11.7. The Morgan fingerprint density at radius 1 is 1.03 bits per heavy atom. The molecule has 0 fully saturated rings. The van der Waals surface area contributed by atoms with Gasteiger partial charge in [0.15, 0.2) is 0 Å². The van der Waals surface area contributed by atoms with Crippen molar-refractivity contribution < 1.29 is 27.8 Å². The molecule has 7 nitrogen and oxygen atoms in total. The van der Waals surface area contributed by atoms with Gasteiger partial charge in [-0.25, -0.2) is 13.6 Å². The lowest BCUT2D eigenvalue weighted by atomic mass is 9.87. The van der Waals surface area contributed by atoms with Gasteiger partial charge in [-0.05, 0) is 53.6 Å². The van der Waals surface area contributed by atoms with Crippen molar-refractivity contribution in [1.82, 2.24) is 0 Å². The van der Waals surface area contributed by atoms with Crippen LogP contribution in [0.3, 0.4) is 0 Å². The molecule has 3 N–H and O–H groups in total. The fourth-order valence-electron chi connectivity index (χ4n) is 4.56. The van der Waals surface area contributed by atoms with E-state index < -0.39 is 22.1 Å². The molecule has 0 saturated heterocycles. The minimum absolute atomic E-state index is 0.191. The van der Waals surface area contributed by atoms with Crippen molar-refractivity contribution in [2.45, 2.75) is 44.0 Å². The summed E-state index contributed by atoms with van der Waals surface area (Å²) < 4.78 is 35.5. The molecule has 3 aromatic carbocycles. The van der Waals surface area contributed by atoms with Gasteiger partial charge in [0.25, 0.3) is 0 Å². The summed E-state index contributed by atoms with van der Waals surface area (Å²) in [5.74, 6) is 0.345. The van der Waals surface area contributed by atoms with E-state index in [-0.39, 0.29) is 12.2 Å². The molecule has 0 spiro atoms. The van der Waals surface area contributed by atoms with Gasteiger partial charge in [-0.1, -0.05) is 55.0 Å². The second-order valence-corrected chi connectivity index (χ2v) is 10.4. The molecular formula is C27H29NO6S. The normalized spacial score (nSPS) is 14.5. The first-order valence-electron chi connectivity index (χ1n) is 11.5. The summed E-state index contributed by atoms with van der Waals surface area (Å²) in [6, 6.07) is 19.3. The van der Waals surface area contributed by atoms with Gasteiger partial charge in [-0.3, -0.25) is 4.79 Å². The molecule has 1 heterocycles. The maximum Gasteiger partial charge on any atom is 0.303 e. The van der Waals surface area contributed by atoms with E-state index in [1.807, 2.05) is 42.5 Å². The van der Waals surface area contributed by atoms with Gasteiger partial charge in [0.05, 0.1) is 18.4 Å². The highest BCUT2D eigenvalue weighted by Crippen LogP contribution is 2.49. The van der Waals surface area contributed by atoms with Gasteiger partial charge in [0.2, 0.25) is 10.0 Å². The van der Waals surface area contributed by atoms with Crippen LogP contribution in [0.25, 0.3) is 11.1 Å². The number of carboxylic acid groups (broad SMARTS) is 1. The number of sulfonamides is 1. The second kappa shape index (κ2) is 10.5. The van der Waals surface area contributed by atoms with Crippen LogP contribution in [0.2, 0.25) is 0 Å². The summed E-state index contributed by atoms with van der Waals surface area (Å²) in [6.45, 7) is 0. The quantitative estimate of drug-likeness (QED) is 0.390. The van der Waals surface area contributed by atoms with E-state index in [2.05, 4.69) is 12.1 Å². The SMILES string of the molecule is COc1cccc2c1-c1ccc(CS(N)(=O)=O)cc1C(c1cccc(CCCCCC(=O)O)c1)O2. The van der Waals surface area contributed by atoms with Crippen LogP contribution in [0, 0.1) is 0 Å². The average Bonchev–Trinajstić information content (AvgIpc) is 2.81. The third-order valence-electron chi connectivity index (χ3n) is 6.10. The van der Waals surface area contributed by atoms with Crippen molar-refractivity contribution in [3.05, 3.63) is 82.9 Å². The predicted molar refractivity (Wildman–Crippen MR) is 134 cm³/mol. The molecule has 0 amide bonds. The van der Waals surface area contributed by atoms with E-state index in [1.165, 1.54) is 0 Å². The highest BCUT2D eigenvalue weighted by Gasteiger charge is 2.30. The van der Waals surface area contributed by atoms with E-state index >= 15 is 0 Å². The molecule has 1 atom stereocenters. The highest BCUT2D eigenvalue weighted by atomic mass is 32.2. The molecule has 1 aliphatic heterocycles. The summed E-state index contributed by atoms with van der Waals surface area (Å²) >= 11 is 0. The second-order valence-electron chi connectivity index (χ2n) is 8.76. The van der Waals surface area contributed by atoms with Crippen LogP contribution < -0.4 is 14.6 Å². The Balaban J connectivity index is 1.68. The van der Waals surface area contributed by atoms with Gasteiger partial charge in [0, 0.05) is 12.0 Å². The molecule has 0 aromatic heterocycles. The van der Waals surface area contributed by atoms with Crippen LogP contribution in [0.4, 0.5) is 0 Å². The summed E-state index contributed by atoms with van der Waals surface area (Å²) in [6.07, 6.45) is 3.01. The lowest BCUT2D eigenvalue weighted by Crippen LogP contribution is -2.18. The topological polar surface area (TPSA) is 116 Å². The first kappa shape index (κ1) is 24.8. The highest BCUT2D eigenvalue weighted by molar-refractivity contribution is 7.88. The van der Waals surface area contributed by atoms with E-state index in [4.69, 9.17) is 19.7 Å². The third kappa shape index (κ3) is 6.01. The number of hydrogen-bond donors (Lipinski definition) is 2. The molecule has 0 aliphatic carbocycles. The maximum atomic E-state index is 11.7. The van der Waals surface area contributed by atoms with Crippen molar-refractivity contribution in [3.63, 3.8) is 0 Å². The van der Waals surface area contributed by atoms with Crippen molar-refractivity contribution in [3.8, 4) is 22.6 Å². The number of methoxy groups -OCH3 is 1. The Labute approximate surface area is 205 Å². The number of primary sulfonamides is 1. The zero-order valence-electron chi connectivity index (χ0n) is 19.6. The van der Waals surface area contributed by atoms with E-state index in [0.29, 0.717) is 23.5 Å². The van der Waals surface area contributed by atoms with Gasteiger partial charge < -0.3 is 14.6 Å². The van der Waals surface area contributed by atoms with Crippen LogP contribution in [0.5, 0.6) is 11.5 Å². The third-order valence-corrected chi connectivity index (χ3v) is 6.83. The number of unbranched alkanes of at least 4 members (excludes halogenated alkanes) is 2. The molecule has 0 radical (unpaired) electrons. The van der Waals surface area contributed by atoms with E-state index in [0.717, 1.165) is 47.1 Å². The molecule has 1 unspecified atom stereocenters. The summed E-state index contributed by atoms with van der Waals surface area (Å²) in [4.78, 5) is 10.7. The molecular weight excluding hydrogens is 466 g/mol. The van der Waals surface area contributed by atoms with Crippen molar-refractivity contribution >= 4 is 16.0 Å². The number of rotatable bonds is 10. The van der Waals surface area contributed by atoms with E-state index in [1.54, 1.807) is 13.2 Å². The Kier molecular flexibility index (Phi) is 7.42. The molecule has 4 rings (SSSR count). The van der Waals surface area contributed by atoms with Crippen molar-refractivity contribution in [2.24, 2.45) is 5.14 Å². The number of hydrogen-bond acceptors (Lipinski definition) is 5. The van der Waals surface area contributed by atoms with Crippen molar-refractivity contribution in [1.29, 1.82) is 0 Å². The van der Waals surface area contributed by atoms with Gasteiger partial charge >= 0.3 is 5.97 Å². The number of carboxylic acids is 1. The van der Waals surface area contributed by atoms with Crippen LogP contribution >= 0.6 is 0 Å². The monoisotopic (exact) mass is 495 g/mol. The largest absolute Gasteiger partial charge is 0.496 e. The number of aryl methyl sites for hydroxylation is 1. The standard InChI is InChI=1S/C27H29NO6S/c1-33-23-10-6-11-24-26(23)21-14-13-19(17-35(28,31)32)16-22(21)27(34-24)20-9-5-8-18(15-20)7-3-2-4-12-25(29)30/h5-6,8-11,13-16,27H,2-4,7,12,17H2,1H3,(H,29,30)(H2,28,31,32). The number of nitrogens with two attached hydrogens (primary N) is 1. The molecule has 184 valence electrons. The number of fused-ring (bicyclic) bond motifs is 3. The zero-order chi connectivity index (χ0) is 25.0. The minimum Gasteiger partial charge on any atom is -0.496 e. The van der Waals surface area contributed by atoms with Crippen LogP contribution in [0.1, 0.15) is 54.0 Å². The fourth-order valence-corrected chi connectivity index (χ4v) is 5.20. The van der Waals surface area contributed by atoms with Crippen LogP contribution in [-0.2, 0) is 27.0 Å². The van der Waals surface area contributed by atoms with Crippen LogP contribution in [-0.4, -0.2) is 26.6 Å². The Morgan fingerprint density at radius 2 is 1.83 bits per heavy atom. The summed E-state index contributed by atoms with van der Waals surface area (Å²) in [5, 5.41) is 14.1. The molecule has 1 aliphatic rings. The number of benzene rings is 3. The van der Waals surface area contributed by atoms with Gasteiger partial charge in [0.1, 0.15) is 17.6 Å². The van der Waals surface area contributed by atoms with Crippen molar-refractivity contribution in [2.75, 3.05) is 7.11 Å². The summed E-state index contributed by atoms with van der Waals surface area (Å²) in [7, 11) is -2.08. The first-order chi connectivity index (χ1) is 16.7. The van der Waals surface area contributed by atoms with Gasteiger partial charge in [-0.2, -0.15) is 0 Å². The van der Waals surface area contributed by atoms with Gasteiger partial charge in [-0.15, -0.1) is 0 Å². The molecule has 3 aromatic rings. The Hall–Kier alpha value is -3.36. The van der Waals surface area contributed by atoms with E-state index in [9.17, 15) is 13.2 Å². The molecule has 0 saturated carbocycles. The minimum atomic E-state index is -3.69. The zero-order valence-corrected chi connectivity index (χ0v) is 20.4. The number of aliphatic carboxylic acids is 1. The fraction of sp³-hybridized carbons (Fsp3) is 0.296. The molecule has 35 heavy (non-hydrogen) atoms. The smallest absolute Gasteiger partial charge is 0.303 e. The molecule has 8 heteroatoms. The summed E-state index contributed by atoms with van der Waals surface area (Å²) in [5.41, 5.74) is 5.29. The lowest BCUT2D eigenvalue weighted by Gasteiger charge is -2.31. The number of carbonyl (C=O) groups is 1. The Bertz CT molecular complexity index is 1340. The Morgan fingerprint density at radius 3 is 2.57 bits per heavy atom.